The van der Waals surface area contributed by atoms with Crippen LogP contribution in [0.25, 0.3) is 34.4 Å². The van der Waals surface area contributed by atoms with E-state index in [-0.39, 0.29) is 0 Å². The maximum atomic E-state index is 2.57. The molecule has 0 N–H and O–H groups in total. The first-order chi connectivity index (χ1) is 18.9. The first-order valence-corrected chi connectivity index (χ1v) is 15.5. The van der Waals surface area contributed by atoms with Crippen molar-refractivity contribution in [3.63, 3.8) is 0 Å². The van der Waals surface area contributed by atoms with Gasteiger partial charge in [-0.1, -0.05) is 126 Å². The molecule has 0 aliphatic heterocycles. The molecule has 39 heavy (non-hydrogen) atoms. The molecule has 2 aliphatic rings. The van der Waals surface area contributed by atoms with Crippen molar-refractivity contribution in [2.75, 3.05) is 0 Å². The predicted octanol–water partition coefficient (Wildman–Crippen LogP) is 10.2. The van der Waals surface area contributed by atoms with Gasteiger partial charge in [0, 0.05) is 5.92 Å². The minimum atomic E-state index is 0.534. The van der Waals surface area contributed by atoms with Gasteiger partial charge in [0.15, 0.2) is 0 Å². The van der Waals surface area contributed by atoms with Crippen molar-refractivity contribution in [3.8, 4) is 22.3 Å². The Labute approximate surface area is 237 Å². The third-order valence-corrected chi connectivity index (χ3v) is 10.0. The maximum absolute atomic E-state index is 2.57. The molecule has 0 heterocycles. The van der Waals surface area contributed by atoms with Gasteiger partial charge in [0.05, 0.1) is 0 Å². The molecule has 194 valence electrons. The molecule has 0 aromatic heterocycles. The molecule has 0 amide bonds. The highest BCUT2D eigenvalue weighted by molar-refractivity contribution is 6.57. The van der Waals surface area contributed by atoms with Gasteiger partial charge in [-0.15, -0.1) is 0 Å². The van der Waals surface area contributed by atoms with Crippen molar-refractivity contribution in [3.05, 3.63) is 128 Å². The highest BCUT2D eigenvalue weighted by Gasteiger charge is 2.29. The molecular weight excluding hydrogens is 485 g/mol. The maximum Gasteiger partial charge on any atom is 0.111 e. The summed E-state index contributed by atoms with van der Waals surface area (Å²) in [5.74, 6) is 0.534. The highest BCUT2D eigenvalue weighted by atomic mass is 28.2. The third kappa shape index (κ3) is 4.90. The summed E-state index contributed by atoms with van der Waals surface area (Å²) in [6.07, 6.45) is 9.93. The zero-order valence-corrected chi connectivity index (χ0v) is 25.0. The fourth-order valence-corrected chi connectivity index (χ4v) is 8.03. The van der Waals surface area contributed by atoms with Gasteiger partial charge < -0.3 is 0 Å². The summed E-state index contributed by atoms with van der Waals surface area (Å²) in [5.41, 5.74) is 16.8. The lowest BCUT2D eigenvalue weighted by Crippen LogP contribution is -2.08. The van der Waals surface area contributed by atoms with E-state index >= 15 is 0 Å². The van der Waals surface area contributed by atoms with Crippen LogP contribution in [0.5, 0.6) is 0 Å². The predicted molar refractivity (Wildman–Crippen MR) is 170 cm³/mol. The molecule has 4 aromatic rings. The normalized spacial score (nSPS) is 15.7. The van der Waals surface area contributed by atoms with Gasteiger partial charge in [-0.25, -0.2) is 0 Å². The number of aryl methyl sites for hydroxylation is 4. The SMILES string of the molecule is CCCCC1C([Si]C2=Cc3c(cccc3-c3cc(C)ccc3C)C2)=Cc2c(-c3cc(C)ccc3C)cccc21. The topological polar surface area (TPSA) is 0 Å². The van der Waals surface area contributed by atoms with Gasteiger partial charge in [0.25, 0.3) is 0 Å². The number of hydrogen-bond acceptors (Lipinski definition) is 0. The quantitative estimate of drug-likeness (QED) is 0.212. The molecule has 6 rings (SSSR count). The van der Waals surface area contributed by atoms with Crippen molar-refractivity contribution < 1.29 is 0 Å². The van der Waals surface area contributed by atoms with Gasteiger partial charge in [0.2, 0.25) is 0 Å². The zero-order valence-electron chi connectivity index (χ0n) is 24.0. The first kappa shape index (κ1) is 25.8. The van der Waals surface area contributed by atoms with E-state index < -0.39 is 0 Å². The van der Waals surface area contributed by atoms with E-state index in [2.05, 4.69) is 120 Å². The molecule has 4 aromatic carbocycles. The molecule has 1 heteroatoms. The summed E-state index contributed by atoms with van der Waals surface area (Å²) in [7, 11) is 0.744. The van der Waals surface area contributed by atoms with Crippen LogP contribution in [0.3, 0.4) is 0 Å². The number of hydrogen-bond donors (Lipinski definition) is 0. The molecule has 0 saturated carbocycles. The van der Waals surface area contributed by atoms with E-state index in [9.17, 15) is 0 Å². The smallest absolute Gasteiger partial charge is 0.0748 e. The lowest BCUT2D eigenvalue weighted by molar-refractivity contribution is 0.663. The Hall–Kier alpha value is -3.42. The van der Waals surface area contributed by atoms with Crippen molar-refractivity contribution in [1.82, 2.24) is 0 Å². The molecule has 1 unspecified atom stereocenters. The number of benzene rings is 4. The Morgan fingerprint density at radius 2 is 1.33 bits per heavy atom. The largest absolute Gasteiger partial charge is 0.111 e. The van der Waals surface area contributed by atoms with E-state index in [0.29, 0.717) is 5.92 Å². The molecule has 0 nitrogen and oxygen atoms in total. The zero-order chi connectivity index (χ0) is 27.1. The van der Waals surface area contributed by atoms with Crippen LogP contribution in [0.15, 0.2) is 83.2 Å². The van der Waals surface area contributed by atoms with E-state index in [0.717, 1.165) is 15.9 Å². The van der Waals surface area contributed by atoms with E-state index in [1.807, 2.05) is 0 Å². The van der Waals surface area contributed by atoms with Gasteiger partial charge in [-0.05, 0) is 96.2 Å². The molecule has 0 spiro atoms. The Morgan fingerprint density at radius 3 is 2.00 bits per heavy atom. The standard InChI is InChI=1S/C38H38Si/c1-6-7-11-33-30-13-9-14-32(35-20-25(3)16-18-27(35)5)37(30)23-38(33)39-29-21-28-10-8-12-31(36(28)22-29)34-19-24(2)15-17-26(34)4/h8-10,12-20,22-23,33H,6-7,11,21H2,1-5H3. The molecule has 0 fully saturated rings. The van der Waals surface area contributed by atoms with Crippen molar-refractivity contribution >= 4 is 21.7 Å². The second kappa shape index (κ2) is 10.6. The van der Waals surface area contributed by atoms with Crippen LogP contribution in [0.4, 0.5) is 0 Å². The monoisotopic (exact) mass is 522 g/mol. The Balaban J connectivity index is 1.38. The van der Waals surface area contributed by atoms with Gasteiger partial charge >= 0.3 is 0 Å². The first-order valence-electron chi connectivity index (χ1n) is 14.5. The number of unbranched alkanes of at least 4 members (excludes halogenated alkanes) is 1. The third-order valence-electron chi connectivity index (χ3n) is 8.60. The van der Waals surface area contributed by atoms with Crippen molar-refractivity contribution in [2.45, 2.75) is 66.2 Å². The second-order valence-corrected chi connectivity index (χ2v) is 13.1. The van der Waals surface area contributed by atoms with Gasteiger partial charge in [0.1, 0.15) is 9.52 Å². The summed E-state index contributed by atoms with van der Waals surface area (Å²) >= 11 is 0. The van der Waals surface area contributed by atoms with Crippen LogP contribution in [0, 0.1) is 27.7 Å². The number of rotatable bonds is 7. The summed E-state index contributed by atoms with van der Waals surface area (Å²) < 4.78 is 0. The van der Waals surface area contributed by atoms with Crippen molar-refractivity contribution in [2.24, 2.45) is 0 Å². The average Bonchev–Trinajstić information content (AvgIpc) is 3.50. The Morgan fingerprint density at radius 1 is 0.692 bits per heavy atom. The van der Waals surface area contributed by atoms with Crippen LogP contribution < -0.4 is 0 Å². The summed E-state index contributed by atoms with van der Waals surface area (Å²) in [5, 5.41) is 3.21. The van der Waals surface area contributed by atoms with E-state index in [1.54, 1.807) is 10.4 Å². The lowest BCUT2D eigenvalue weighted by Gasteiger charge is -2.18. The Bertz CT molecular complexity index is 1630. The summed E-state index contributed by atoms with van der Waals surface area (Å²) in [4.78, 5) is 0. The number of fused-ring (bicyclic) bond motifs is 2. The van der Waals surface area contributed by atoms with Crippen molar-refractivity contribution in [1.29, 1.82) is 0 Å². The number of allylic oxidation sites excluding steroid dienone is 2. The lowest BCUT2D eigenvalue weighted by atomic mass is 9.89. The minimum Gasteiger partial charge on any atom is -0.0748 e. The van der Waals surface area contributed by atoms with E-state index in [1.165, 1.54) is 86.0 Å². The summed E-state index contributed by atoms with van der Waals surface area (Å²) in [6.45, 7) is 11.2. The molecular formula is C38H38Si. The van der Waals surface area contributed by atoms with Crippen LogP contribution in [-0.4, -0.2) is 9.52 Å². The Kier molecular flexibility index (Phi) is 7.04. The van der Waals surface area contributed by atoms with Crippen LogP contribution in [0.2, 0.25) is 0 Å². The fourth-order valence-electron chi connectivity index (χ4n) is 6.47. The minimum absolute atomic E-state index is 0.534. The molecule has 1 atom stereocenters. The van der Waals surface area contributed by atoms with Gasteiger partial charge in [-0.3, -0.25) is 0 Å². The molecule has 2 aliphatic carbocycles. The fraction of sp³-hybridized carbons (Fsp3) is 0.263. The molecule has 0 bridgehead atoms. The molecule has 2 radical (unpaired) electrons. The van der Waals surface area contributed by atoms with Gasteiger partial charge in [-0.2, -0.15) is 0 Å². The molecule has 0 saturated heterocycles. The summed E-state index contributed by atoms with van der Waals surface area (Å²) in [6, 6.07) is 27.6. The van der Waals surface area contributed by atoms with Crippen LogP contribution in [0.1, 0.15) is 76.6 Å². The van der Waals surface area contributed by atoms with Crippen LogP contribution >= 0.6 is 0 Å². The second-order valence-electron chi connectivity index (χ2n) is 11.6. The average molecular weight is 523 g/mol. The van der Waals surface area contributed by atoms with Crippen LogP contribution in [-0.2, 0) is 6.42 Å². The highest BCUT2D eigenvalue weighted by Crippen LogP contribution is 2.45. The van der Waals surface area contributed by atoms with E-state index in [4.69, 9.17) is 0 Å².